The molecule has 0 aromatic heterocycles. The van der Waals surface area contributed by atoms with Gasteiger partial charge >= 0.3 is 0 Å². The van der Waals surface area contributed by atoms with Gasteiger partial charge < -0.3 is 5.11 Å². The van der Waals surface area contributed by atoms with Crippen LogP contribution in [0.5, 0.6) is 0 Å². The van der Waals surface area contributed by atoms with Gasteiger partial charge in [0.05, 0.1) is 6.10 Å². The van der Waals surface area contributed by atoms with Crippen LogP contribution in [0.25, 0.3) is 0 Å². The molecule has 0 spiro atoms. The van der Waals surface area contributed by atoms with E-state index in [2.05, 4.69) is 27.7 Å². The van der Waals surface area contributed by atoms with Crippen LogP contribution < -0.4 is 0 Å². The van der Waals surface area contributed by atoms with Crippen molar-refractivity contribution in [2.45, 2.75) is 98.0 Å². The Labute approximate surface area is 132 Å². The van der Waals surface area contributed by atoms with E-state index in [1.54, 1.807) is 0 Å². The molecule has 3 unspecified atom stereocenters. The van der Waals surface area contributed by atoms with Crippen molar-refractivity contribution in [3.05, 3.63) is 0 Å². The normalized spacial score (nSPS) is 37.0. The van der Waals surface area contributed by atoms with Crippen molar-refractivity contribution in [3.8, 4) is 0 Å². The van der Waals surface area contributed by atoms with E-state index >= 15 is 0 Å². The van der Waals surface area contributed by atoms with Crippen molar-refractivity contribution in [1.29, 1.82) is 0 Å². The van der Waals surface area contributed by atoms with E-state index in [-0.39, 0.29) is 6.10 Å². The Kier molecular flexibility index (Phi) is 6.17. The molecule has 124 valence electrons. The molecule has 1 N–H and O–H groups in total. The third-order valence-corrected chi connectivity index (χ3v) is 6.56. The number of rotatable bonds is 3. The summed E-state index contributed by atoms with van der Waals surface area (Å²) in [5, 5.41) is 9.67. The van der Waals surface area contributed by atoms with E-state index in [0.29, 0.717) is 5.41 Å². The molecule has 1 heteroatoms. The van der Waals surface area contributed by atoms with Crippen LogP contribution in [0.1, 0.15) is 91.9 Å². The first-order valence-corrected chi connectivity index (χ1v) is 9.54. The molecule has 21 heavy (non-hydrogen) atoms. The van der Waals surface area contributed by atoms with Gasteiger partial charge in [0, 0.05) is 0 Å². The Bertz CT molecular complexity index is 295. The van der Waals surface area contributed by atoms with Gasteiger partial charge in [0.15, 0.2) is 0 Å². The molecule has 0 aromatic rings. The predicted molar refractivity (Wildman–Crippen MR) is 91.3 cm³/mol. The van der Waals surface area contributed by atoms with E-state index in [9.17, 15) is 5.11 Å². The highest BCUT2D eigenvalue weighted by Crippen LogP contribution is 2.41. The molecule has 0 aliphatic heterocycles. The van der Waals surface area contributed by atoms with Gasteiger partial charge in [-0.15, -0.1) is 0 Å². The standard InChI is InChI=1S/C20H38O/c1-15(17-9-12-19(21)13-10-17)14-16-6-5-7-18(11-8-16)20(2,3)4/h15-19,21H,5-14H2,1-4H3. The molecule has 0 aromatic carbocycles. The maximum absolute atomic E-state index is 9.67. The zero-order chi connectivity index (χ0) is 15.5. The zero-order valence-electron chi connectivity index (χ0n) is 14.9. The van der Waals surface area contributed by atoms with Gasteiger partial charge in [0.25, 0.3) is 0 Å². The van der Waals surface area contributed by atoms with Crippen LogP contribution in [0.15, 0.2) is 0 Å². The summed E-state index contributed by atoms with van der Waals surface area (Å²) >= 11 is 0. The second-order valence-corrected chi connectivity index (χ2v) is 9.22. The summed E-state index contributed by atoms with van der Waals surface area (Å²) < 4.78 is 0. The topological polar surface area (TPSA) is 20.2 Å². The molecule has 2 rings (SSSR count). The van der Waals surface area contributed by atoms with Crippen LogP contribution in [0, 0.1) is 29.1 Å². The van der Waals surface area contributed by atoms with Crippen molar-refractivity contribution >= 4 is 0 Å². The van der Waals surface area contributed by atoms with Gasteiger partial charge in [-0.2, -0.15) is 0 Å². The highest BCUT2D eigenvalue weighted by molar-refractivity contribution is 4.81. The monoisotopic (exact) mass is 294 g/mol. The molecule has 1 nitrogen and oxygen atoms in total. The summed E-state index contributed by atoms with van der Waals surface area (Å²) in [5.74, 6) is 3.66. The van der Waals surface area contributed by atoms with Gasteiger partial charge in [-0.05, 0) is 74.0 Å². The minimum absolute atomic E-state index is 0.00104. The van der Waals surface area contributed by atoms with E-state index in [1.165, 1.54) is 51.4 Å². The Morgan fingerprint density at radius 3 is 2.19 bits per heavy atom. The summed E-state index contributed by atoms with van der Waals surface area (Å²) in [4.78, 5) is 0. The number of aliphatic hydroxyl groups is 1. The third-order valence-electron chi connectivity index (χ3n) is 6.56. The molecule has 0 saturated heterocycles. The first-order chi connectivity index (χ1) is 9.86. The summed E-state index contributed by atoms with van der Waals surface area (Å²) in [6, 6.07) is 0. The number of aliphatic hydroxyl groups excluding tert-OH is 1. The molecular weight excluding hydrogens is 256 g/mol. The molecule has 0 heterocycles. The summed E-state index contributed by atoms with van der Waals surface area (Å²) in [6.45, 7) is 9.75. The van der Waals surface area contributed by atoms with Gasteiger partial charge in [0.1, 0.15) is 0 Å². The summed E-state index contributed by atoms with van der Waals surface area (Å²) in [7, 11) is 0. The molecule has 3 atom stereocenters. The lowest BCUT2D eigenvalue weighted by Crippen LogP contribution is -2.24. The van der Waals surface area contributed by atoms with Crippen molar-refractivity contribution < 1.29 is 5.11 Å². The Hall–Kier alpha value is -0.0400. The third kappa shape index (κ3) is 5.27. The second-order valence-electron chi connectivity index (χ2n) is 9.22. The van der Waals surface area contributed by atoms with Crippen LogP contribution in [-0.4, -0.2) is 11.2 Å². The van der Waals surface area contributed by atoms with E-state index in [0.717, 1.165) is 36.5 Å². The van der Waals surface area contributed by atoms with Crippen molar-refractivity contribution in [3.63, 3.8) is 0 Å². The van der Waals surface area contributed by atoms with Gasteiger partial charge in [-0.25, -0.2) is 0 Å². The Morgan fingerprint density at radius 2 is 1.57 bits per heavy atom. The van der Waals surface area contributed by atoms with Crippen LogP contribution >= 0.6 is 0 Å². The SMILES string of the molecule is CC(CC1CCCC(C(C)(C)C)CC1)C1CCC(O)CC1. The van der Waals surface area contributed by atoms with Crippen LogP contribution in [-0.2, 0) is 0 Å². The fourth-order valence-corrected chi connectivity index (χ4v) is 4.87. The summed E-state index contributed by atoms with van der Waals surface area (Å²) in [6.07, 6.45) is 13.3. The molecule has 0 radical (unpaired) electrons. The molecule has 0 bridgehead atoms. The highest BCUT2D eigenvalue weighted by Gasteiger charge is 2.30. The fourth-order valence-electron chi connectivity index (χ4n) is 4.87. The Morgan fingerprint density at radius 1 is 0.905 bits per heavy atom. The smallest absolute Gasteiger partial charge is 0.0540 e. The summed E-state index contributed by atoms with van der Waals surface area (Å²) in [5.41, 5.74) is 0.500. The molecule has 2 fully saturated rings. The van der Waals surface area contributed by atoms with Crippen LogP contribution in [0.3, 0.4) is 0 Å². The maximum Gasteiger partial charge on any atom is 0.0540 e. The minimum Gasteiger partial charge on any atom is -0.393 e. The molecule has 2 aliphatic rings. The predicted octanol–water partition coefficient (Wildman–Crippen LogP) is 5.81. The molecule has 2 aliphatic carbocycles. The van der Waals surface area contributed by atoms with Crippen molar-refractivity contribution in [2.75, 3.05) is 0 Å². The fraction of sp³-hybridized carbons (Fsp3) is 1.00. The average molecular weight is 295 g/mol. The average Bonchev–Trinajstić information content (AvgIpc) is 2.64. The lowest BCUT2D eigenvalue weighted by atomic mass is 9.74. The lowest BCUT2D eigenvalue weighted by Gasteiger charge is -2.32. The number of hydrogen-bond donors (Lipinski definition) is 1. The van der Waals surface area contributed by atoms with Crippen LogP contribution in [0.2, 0.25) is 0 Å². The lowest BCUT2D eigenvalue weighted by molar-refractivity contribution is 0.0880. The minimum atomic E-state index is -0.00104. The van der Waals surface area contributed by atoms with Crippen molar-refractivity contribution in [2.24, 2.45) is 29.1 Å². The Balaban J connectivity index is 1.78. The zero-order valence-corrected chi connectivity index (χ0v) is 14.9. The highest BCUT2D eigenvalue weighted by atomic mass is 16.3. The van der Waals surface area contributed by atoms with Gasteiger partial charge in [-0.3, -0.25) is 0 Å². The molecular formula is C20H38O. The molecule has 2 saturated carbocycles. The van der Waals surface area contributed by atoms with E-state index < -0.39 is 0 Å². The first-order valence-electron chi connectivity index (χ1n) is 9.54. The first kappa shape index (κ1) is 17.3. The quantitative estimate of drug-likeness (QED) is 0.652. The molecule has 0 amide bonds. The largest absolute Gasteiger partial charge is 0.393 e. The second kappa shape index (κ2) is 7.49. The van der Waals surface area contributed by atoms with Crippen LogP contribution in [0.4, 0.5) is 0 Å². The maximum atomic E-state index is 9.67. The van der Waals surface area contributed by atoms with E-state index in [4.69, 9.17) is 0 Å². The van der Waals surface area contributed by atoms with Crippen molar-refractivity contribution in [1.82, 2.24) is 0 Å². The number of hydrogen-bond acceptors (Lipinski definition) is 1. The van der Waals surface area contributed by atoms with Gasteiger partial charge in [-0.1, -0.05) is 47.0 Å². The van der Waals surface area contributed by atoms with E-state index in [1.807, 2.05) is 0 Å². The van der Waals surface area contributed by atoms with Gasteiger partial charge in [0.2, 0.25) is 0 Å².